The molecule has 22 heavy (non-hydrogen) atoms. The van der Waals surface area contributed by atoms with Gasteiger partial charge in [-0.3, -0.25) is 0 Å². The molecule has 0 atom stereocenters. The summed E-state index contributed by atoms with van der Waals surface area (Å²) in [5.74, 6) is -0.266. The van der Waals surface area contributed by atoms with Crippen molar-refractivity contribution in [2.24, 2.45) is 0 Å². The molecule has 0 amide bonds. The quantitative estimate of drug-likeness (QED) is 0.777. The Morgan fingerprint density at radius 3 is 2.27 bits per heavy atom. The number of nitrogens with zero attached hydrogens (tertiary/aromatic N) is 1. The summed E-state index contributed by atoms with van der Waals surface area (Å²) in [5, 5.41) is 0. The summed E-state index contributed by atoms with van der Waals surface area (Å²) in [5.41, 5.74) is 0.953. The largest absolute Gasteiger partial charge is 0.379 e. The van der Waals surface area contributed by atoms with Crippen LogP contribution >= 0.6 is 0 Å². The van der Waals surface area contributed by atoms with E-state index in [9.17, 15) is 16.8 Å². The van der Waals surface area contributed by atoms with E-state index in [4.69, 9.17) is 4.74 Å². The molecule has 0 unspecified atom stereocenters. The van der Waals surface area contributed by atoms with Crippen LogP contribution in [0, 0.1) is 6.92 Å². The van der Waals surface area contributed by atoms with Gasteiger partial charge in [-0.25, -0.2) is 21.6 Å². The lowest BCUT2D eigenvalue weighted by atomic mass is 10.2. The highest BCUT2D eigenvalue weighted by atomic mass is 32.2. The second-order valence-electron chi connectivity index (χ2n) is 5.04. The van der Waals surface area contributed by atoms with Gasteiger partial charge in [0.15, 0.2) is 0 Å². The van der Waals surface area contributed by atoms with Crippen LogP contribution in [0.15, 0.2) is 29.2 Å². The average molecular weight is 348 g/mol. The number of aryl methyl sites for hydroxylation is 1. The Balaban J connectivity index is 1.93. The van der Waals surface area contributed by atoms with E-state index in [0.717, 1.165) is 5.56 Å². The lowest BCUT2D eigenvalue weighted by molar-refractivity contribution is 0.0730. The second-order valence-corrected chi connectivity index (χ2v) is 8.89. The van der Waals surface area contributed by atoms with E-state index in [0.29, 0.717) is 26.3 Å². The predicted octanol–water partition coefficient (Wildman–Crippen LogP) is -0.0647. The minimum Gasteiger partial charge on any atom is -0.379 e. The Bertz CT molecular complexity index is 692. The fraction of sp³-hybridized carbons (Fsp3) is 0.538. The van der Waals surface area contributed by atoms with E-state index in [2.05, 4.69) is 4.72 Å². The Morgan fingerprint density at radius 1 is 1.09 bits per heavy atom. The number of hydrogen-bond acceptors (Lipinski definition) is 5. The zero-order chi connectivity index (χ0) is 16.2. The van der Waals surface area contributed by atoms with Crippen molar-refractivity contribution in [3.63, 3.8) is 0 Å². The molecule has 0 aromatic heterocycles. The van der Waals surface area contributed by atoms with Crippen LogP contribution in [-0.4, -0.2) is 59.7 Å². The fourth-order valence-corrected chi connectivity index (χ4v) is 4.54. The van der Waals surface area contributed by atoms with E-state index in [1.807, 2.05) is 6.92 Å². The molecule has 1 aliphatic heterocycles. The zero-order valence-electron chi connectivity index (χ0n) is 12.4. The molecule has 0 radical (unpaired) electrons. The molecular weight excluding hydrogens is 328 g/mol. The minimum absolute atomic E-state index is 0.127. The second kappa shape index (κ2) is 7.05. The van der Waals surface area contributed by atoms with Crippen molar-refractivity contribution >= 4 is 20.0 Å². The van der Waals surface area contributed by atoms with Crippen LogP contribution in [0.5, 0.6) is 0 Å². The Labute approximate surface area is 131 Å². The lowest BCUT2D eigenvalue weighted by Gasteiger charge is -2.26. The monoisotopic (exact) mass is 348 g/mol. The molecule has 2 rings (SSSR count). The van der Waals surface area contributed by atoms with Crippen molar-refractivity contribution in [2.75, 3.05) is 38.6 Å². The normalized spacial score (nSPS) is 17.5. The topological polar surface area (TPSA) is 92.8 Å². The maximum absolute atomic E-state index is 12.1. The SMILES string of the molecule is Cc1ccc(S(=O)(=O)NCCS(=O)(=O)N2CCOCC2)cc1. The van der Waals surface area contributed by atoms with Crippen molar-refractivity contribution < 1.29 is 21.6 Å². The van der Waals surface area contributed by atoms with Crippen LogP contribution in [0.4, 0.5) is 0 Å². The number of ether oxygens (including phenoxy) is 1. The molecule has 7 nitrogen and oxygen atoms in total. The first kappa shape index (κ1) is 17.4. The molecule has 9 heteroatoms. The fourth-order valence-electron chi connectivity index (χ4n) is 2.06. The summed E-state index contributed by atoms with van der Waals surface area (Å²) >= 11 is 0. The Kier molecular flexibility index (Phi) is 5.56. The molecule has 1 aliphatic rings. The summed E-state index contributed by atoms with van der Waals surface area (Å²) in [4.78, 5) is 0.127. The maximum atomic E-state index is 12.1. The van der Waals surface area contributed by atoms with Crippen LogP contribution in [-0.2, 0) is 24.8 Å². The molecule has 1 fully saturated rings. The molecule has 0 aliphatic carbocycles. The van der Waals surface area contributed by atoms with Crippen molar-refractivity contribution in [1.82, 2.24) is 9.03 Å². The van der Waals surface area contributed by atoms with E-state index in [1.165, 1.54) is 16.4 Å². The van der Waals surface area contributed by atoms with Gasteiger partial charge in [0, 0.05) is 19.6 Å². The Morgan fingerprint density at radius 2 is 1.68 bits per heavy atom. The molecule has 1 N–H and O–H groups in total. The van der Waals surface area contributed by atoms with Crippen LogP contribution in [0.2, 0.25) is 0 Å². The summed E-state index contributed by atoms with van der Waals surface area (Å²) in [6.45, 7) is 3.07. The number of benzene rings is 1. The first-order valence-electron chi connectivity index (χ1n) is 6.93. The molecule has 0 bridgehead atoms. The molecule has 1 aromatic rings. The van der Waals surface area contributed by atoms with Gasteiger partial charge in [0.25, 0.3) is 0 Å². The number of rotatable bonds is 6. The minimum atomic E-state index is -3.69. The highest BCUT2D eigenvalue weighted by Gasteiger charge is 2.24. The van der Waals surface area contributed by atoms with Crippen molar-refractivity contribution in [2.45, 2.75) is 11.8 Å². The lowest BCUT2D eigenvalue weighted by Crippen LogP contribution is -2.43. The number of nitrogens with one attached hydrogen (secondary N) is 1. The van der Waals surface area contributed by atoms with E-state index < -0.39 is 20.0 Å². The van der Waals surface area contributed by atoms with Crippen molar-refractivity contribution in [3.8, 4) is 0 Å². The van der Waals surface area contributed by atoms with E-state index >= 15 is 0 Å². The van der Waals surface area contributed by atoms with Gasteiger partial charge < -0.3 is 4.74 Å². The van der Waals surface area contributed by atoms with Crippen LogP contribution < -0.4 is 4.72 Å². The molecule has 124 valence electrons. The first-order chi connectivity index (χ1) is 10.3. The van der Waals surface area contributed by atoms with Gasteiger partial charge in [-0.1, -0.05) is 17.7 Å². The third kappa shape index (κ3) is 4.50. The first-order valence-corrected chi connectivity index (χ1v) is 10.0. The third-order valence-electron chi connectivity index (χ3n) is 3.35. The van der Waals surface area contributed by atoms with Crippen LogP contribution in [0.1, 0.15) is 5.56 Å². The van der Waals surface area contributed by atoms with Gasteiger partial charge in [0.2, 0.25) is 20.0 Å². The molecule has 1 saturated heterocycles. The van der Waals surface area contributed by atoms with Gasteiger partial charge in [0.1, 0.15) is 0 Å². The van der Waals surface area contributed by atoms with Gasteiger partial charge in [-0.2, -0.15) is 4.31 Å². The van der Waals surface area contributed by atoms with Gasteiger partial charge in [-0.05, 0) is 19.1 Å². The van der Waals surface area contributed by atoms with Crippen molar-refractivity contribution in [3.05, 3.63) is 29.8 Å². The summed E-state index contributed by atoms with van der Waals surface area (Å²) in [6, 6.07) is 6.38. The van der Waals surface area contributed by atoms with Gasteiger partial charge in [0.05, 0.1) is 23.9 Å². The summed E-state index contributed by atoms with van der Waals surface area (Å²) in [7, 11) is -7.16. The standard InChI is InChI=1S/C13H20N2O5S2/c1-12-2-4-13(5-3-12)22(18,19)14-6-11-21(16,17)15-7-9-20-10-8-15/h2-5,14H,6-11H2,1H3. The smallest absolute Gasteiger partial charge is 0.240 e. The predicted molar refractivity (Wildman–Crippen MR) is 82.5 cm³/mol. The average Bonchev–Trinajstić information content (AvgIpc) is 2.48. The summed E-state index contributed by atoms with van der Waals surface area (Å²) < 4.78 is 57.1. The zero-order valence-corrected chi connectivity index (χ0v) is 14.0. The van der Waals surface area contributed by atoms with E-state index in [1.54, 1.807) is 12.1 Å². The summed E-state index contributed by atoms with van der Waals surface area (Å²) in [6.07, 6.45) is 0. The molecular formula is C13H20N2O5S2. The highest BCUT2D eigenvalue weighted by Crippen LogP contribution is 2.10. The van der Waals surface area contributed by atoms with Crippen molar-refractivity contribution in [1.29, 1.82) is 0 Å². The highest BCUT2D eigenvalue weighted by molar-refractivity contribution is 7.90. The molecule has 0 saturated carbocycles. The van der Waals surface area contributed by atoms with E-state index in [-0.39, 0.29) is 17.2 Å². The molecule has 1 heterocycles. The molecule has 1 aromatic carbocycles. The molecule has 0 spiro atoms. The Hall–Kier alpha value is -1.00. The number of morpholine rings is 1. The third-order valence-corrected chi connectivity index (χ3v) is 6.70. The number of hydrogen-bond donors (Lipinski definition) is 1. The van der Waals surface area contributed by atoms with Gasteiger partial charge in [-0.15, -0.1) is 0 Å². The van der Waals surface area contributed by atoms with Crippen LogP contribution in [0.25, 0.3) is 0 Å². The van der Waals surface area contributed by atoms with Gasteiger partial charge >= 0.3 is 0 Å². The maximum Gasteiger partial charge on any atom is 0.240 e. The van der Waals surface area contributed by atoms with Crippen LogP contribution in [0.3, 0.4) is 0 Å². The number of sulfonamides is 2.